The average Bonchev–Trinajstić information content (AvgIpc) is 2.56. The van der Waals surface area contributed by atoms with Crippen LogP contribution in [0.5, 0.6) is 0 Å². The summed E-state index contributed by atoms with van der Waals surface area (Å²) in [5, 5.41) is 17.5. The zero-order valence-corrected chi connectivity index (χ0v) is 17.9. The molecule has 0 saturated heterocycles. The number of unbranched alkanes of at least 4 members (excludes halogenated alkanes) is 3. The Bertz CT molecular complexity index is 587. The average molecular weight is 411 g/mol. The maximum atomic E-state index is 11.9. The zero-order chi connectivity index (χ0) is 22.1. The fourth-order valence-corrected chi connectivity index (χ4v) is 2.57. The van der Waals surface area contributed by atoms with Crippen molar-refractivity contribution in [3.05, 3.63) is 36.5 Å². The molecule has 0 spiro atoms. The minimum absolute atomic E-state index is 0.110. The molecule has 0 aromatic carbocycles. The minimum Gasteiger partial charge on any atom is -0.481 e. The molecule has 0 heterocycles. The number of carboxylic acids is 2. The summed E-state index contributed by atoms with van der Waals surface area (Å²) in [6.45, 7) is 0.441. The van der Waals surface area contributed by atoms with E-state index >= 15 is 0 Å². The van der Waals surface area contributed by atoms with Crippen molar-refractivity contribution in [1.82, 2.24) is 0 Å². The summed E-state index contributed by atoms with van der Waals surface area (Å²) in [6, 6.07) is 0. The first-order valence-electron chi connectivity index (χ1n) is 10.0. The van der Waals surface area contributed by atoms with Crippen LogP contribution in [0.3, 0.4) is 0 Å². The maximum absolute atomic E-state index is 11.9. The Labute approximate surface area is 173 Å². The van der Waals surface area contributed by atoms with E-state index in [1.807, 2.05) is 45.4 Å². The summed E-state index contributed by atoms with van der Waals surface area (Å²) in [4.78, 5) is 33.2. The van der Waals surface area contributed by atoms with E-state index in [0.717, 1.165) is 25.7 Å². The lowest BCUT2D eigenvalue weighted by atomic mass is 10.1. The van der Waals surface area contributed by atoms with E-state index in [0.29, 0.717) is 17.4 Å². The van der Waals surface area contributed by atoms with Crippen molar-refractivity contribution >= 4 is 17.9 Å². The fourth-order valence-electron chi connectivity index (χ4n) is 2.57. The molecule has 0 radical (unpaired) electrons. The van der Waals surface area contributed by atoms with Crippen molar-refractivity contribution in [3.63, 3.8) is 0 Å². The van der Waals surface area contributed by atoms with Crippen LogP contribution >= 0.6 is 0 Å². The summed E-state index contributed by atoms with van der Waals surface area (Å²) in [7, 11) is 5.76. The predicted molar refractivity (Wildman–Crippen MR) is 112 cm³/mol. The van der Waals surface area contributed by atoms with Gasteiger partial charge in [0.2, 0.25) is 0 Å². The summed E-state index contributed by atoms with van der Waals surface area (Å²) < 4.78 is 5.82. The van der Waals surface area contributed by atoms with Crippen LogP contribution < -0.4 is 0 Å². The Morgan fingerprint density at radius 1 is 0.862 bits per heavy atom. The van der Waals surface area contributed by atoms with E-state index in [4.69, 9.17) is 14.9 Å². The van der Waals surface area contributed by atoms with Gasteiger partial charge in [-0.05, 0) is 32.1 Å². The van der Waals surface area contributed by atoms with Gasteiger partial charge in [-0.15, -0.1) is 0 Å². The van der Waals surface area contributed by atoms with Gasteiger partial charge in [0, 0.05) is 6.42 Å². The third-order valence-corrected chi connectivity index (χ3v) is 3.80. The van der Waals surface area contributed by atoms with Crippen molar-refractivity contribution < 1.29 is 33.8 Å². The van der Waals surface area contributed by atoms with Crippen LogP contribution in [0, 0.1) is 0 Å². The second-order valence-electron chi connectivity index (χ2n) is 7.93. The molecule has 0 aromatic heterocycles. The smallest absolute Gasteiger partial charge is 0.310 e. The van der Waals surface area contributed by atoms with Crippen LogP contribution in [0.1, 0.15) is 51.4 Å². The van der Waals surface area contributed by atoms with E-state index in [1.54, 1.807) is 12.2 Å². The van der Waals surface area contributed by atoms with Crippen molar-refractivity contribution in [2.75, 3.05) is 27.7 Å². The molecular weight excluding hydrogens is 374 g/mol. The first-order valence-corrected chi connectivity index (χ1v) is 10.0. The normalized spacial score (nSPS) is 13.3. The lowest BCUT2D eigenvalue weighted by molar-refractivity contribution is -0.873. The van der Waals surface area contributed by atoms with E-state index in [2.05, 4.69) is 0 Å². The fraction of sp³-hybridized carbons (Fsp3) is 0.591. The summed E-state index contributed by atoms with van der Waals surface area (Å²) in [6.07, 6.45) is 15.3. The topological polar surface area (TPSA) is 101 Å². The predicted octanol–water partition coefficient (Wildman–Crippen LogP) is 3.56. The number of esters is 1. The molecule has 0 aliphatic heterocycles. The number of carboxylic acid groups (broad SMARTS) is 2. The first-order chi connectivity index (χ1) is 13.6. The number of likely N-dealkylation sites (N-methyl/N-ethyl adjacent to an activating group) is 1. The number of ether oxygens (including phenoxy) is 1. The highest BCUT2D eigenvalue weighted by Gasteiger charge is 2.24. The van der Waals surface area contributed by atoms with Crippen LogP contribution in [0.4, 0.5) is 0 Å². The third-order valence-electron chi connectivity index (χ3n) is 3.80. The number of carbonyl (C=O) groups excluding carboxylic acids is 1. The molecule has 1 unspecified atom stereocenters. The number of rotatable bonds is 16. The highest BCUT2D eigenvalue weighted by molar-refractivity contribution is 5.72. The molecule has 0 rings (SSSR count). The highest BCUT2D eigenvalue weighted by Crippen LogP contribution is 2.07. The molecule has 0 aromatic rings. The number of aliphatic carboxylic acids is 2. The van der Waals surface area contributed by atoms with Gasteiger partial charge in [0.25, 0.3) is 0 Å². The maximum Gasteiger partial charge on any atom is 0.310 e. The molecule has 7 nitrogen and oxygen atoms in total. The van der Waals surface area contributed by atoms with Crippen molar-refractivity contribution in [2.45, 2.75) is 57.5 Å². The lowest BCUT2D eigenvalue weighted by Crippen LogP contribution is -2.43. The van der Waals surface area contributed by atoms with Gasteiger partial charge in [-0.2, -0.15) is 0 Å². The van der Waals surface area contributed by atoms with E-state index in [9.17, 15) is 14.4 Å². The zero-order valence-electron chi connectivity index (χ0n) is 17.9. The Hall–Kier alpha value is -2.41. The lowest BCUT2D eigenvalue weighted by Gasteiger charge is -2.28. The van der Waals surface area contributed by atoms with Crippen molar-refractivity contribution in [1.29, 1.82) is 0 Å². The van der Waals surface area contributed by atoms with Gasteiger partial charge in [-0.1, -0.05) is 36.5 Å². The summed E-state index contributed by atoms with van der Waals surface area (Å²) in [5.41, 5.74) is 0. The van der Waals surface area contributed by atoms with Crippen LogP contribution in [0.15, 0.2) is 36.5 Å². The molecule has 2 N–H and O–H groups in total. The first kappa shape index (κ1) is 26.6. The van der Waals surface area contributed by atoms with Gasteiger partial charge in [0.15, 0.2) is 6.10 Å². The molecule has 0 saturated carbocycles. The van der Waals surface area contributed by atoms with Crippen LogP contribution in [0.2, 0.25) is 0 Å². The number of carbonyl (C=O) groups is 3. The standard InChI is InChI=1S/C22H35NO6/c1-23(2,3)18-19(17-21(26)27)29-22(28)16-14-12-10-8-6-4-5-7-9-11-13-15-20(24)25/h8-12,14,19H,4-7,13,15-18H2,1-3H3,(H-,24,25,26,27)/p+1/b10-8+,11-9+,14-12+. The van der Waals surface area contributed by atoms with Gasteiger partial charge in [-0.3, -0.25) is 14.4 Å². The van der Waals surface area contributed by atoms with Gasteiger partial charge in [-0.25, -0.2) is 0 Å². The quantitative estimate of drug-likeness (QED) is 0.133. The van der Waals surface area contributed by atoms with Gasteiger partial charge in [0.1, 0.15) is 6.54 Å². The second kappa shape index (κ2) is 15.5. The highest BCUT2D eigenvalue weighted by atomic mass is 16.5. The number of quaternary nitrogens is 1. The molecule has 164 valence electrons. The van der Waals surface area contributed by atoms with Crippen molar-refractivity contribution in [2.24, 2.45) is 0 Å². The third kappa shape index (κ3) is 20.1. The van der Waals surface area contributed by atoms with Gasteiger partial charge >= 0.3 is 17.9 Å². The minimum atomic E-state index is -0.981. The Kier molecular flexibility index (Phi) is 14.2. The Balaban J connectivity index is 3.97. The van der Waals surface area contributed by atoms with Crippen LogP contribution in [0.25, 0.3) is 0 Å². The molecule has 0 aliphatic carbocycles. The molecule has 0 bridgehead atoms. The largest absolute Gasteiger partial charge is 0.481 e. The van der Waals surface area contributed by atoms with Crippen LogP contribution in [-0.2, 0) is 19.1 Å². The van der Waals surface area contributed by atoms with Crippen LogP contribution in [-0.4, -0.2) is 66.4 Å². The number of allylic oxidation sites excluding steroid dienone is 5. The SMILES string of the molecule is C[N+](C)(C)CC(CC(=O)O)OC(=O)C/C=C/C=C/CCCC/C=C/CCC(=O)O. The van der Waals surface area contributed by atoms with E-state index in [-0.39, 0.29) is 19.3 Å². The molecule has 29 heavy (non-hydrogen) atoms. The monoisotopic (exact) mass is 410 g/mol. The van der Waals surface area contributed by atoms with E-state index < -0.39 is 24.0 Å². The Morgan fingerprint density at radius 3 is 2.03 bits per heavy atom. The van der Waals surface area contributed by atoms with Crippen molar-refractivity contribution in [3.8, 4) is 0 Å². The van der Waals surface area contributed by atoms with Gasteiger partial charge < -0.3 is 19.4 Å². The molecule has 0 fully saturated rings. The number of hydrogen-bond acceptors (Lipinski definition) is 4. The number of hydrogen-bond donors (Lipinski definition) is 2. The Morgan fingerprint density at radius 2 is 1.45 bits per heavy atom. The summed E-state index contributed by atoms with van der Waals surface area (Å²) in [5.74, 6) is -2.18. The number of nitrogens with zero attached hydrogens (tertiary/aromatic N) is 1. The molecule has 0 amide bonds. The van der Waals surface area contributed by atoms with Gasteiger partial charge in [0.05, 0.1) is 34.0 Å². The molecular formula is C22H36NO6+. The molecule has 1 atom stereocenters. The molecule has 0 aliphatic rings. The second-order valence-corrected chi connectivity index (χ2v) is 7.93. The molecule has 7 heteroatoms. The van der Waals surface area contributed by atoms with E-state index in [1.165, 1.54) is 0 Å². The summed E-state index contributed by atoms with van der Waals surface area (Å²) >= 11 is 0.